The van der Waals surface area contributed by atoms with E-state index < -0.39 is 5.97 Å². The first-order valence-corrected chi connectivity index (χ1v) is 4.81. The normalized spacial score (nSPS) is 9.36. The molecule has 0 unspecified atom stereocenters. The monoisotopic (exact) mass is 198 g/mol. The summed E-state index contributed by atoms with van der Waals surface area (Å²) >= 11 is 0. The lowest BCUT2D eigenvalue weighted by molar-refractivity contribution is -0.145. The van der Waals surface area contributed by atoms with Crippen molar-refractivity contribution in [1.82, 2.24) is 0 Å². The summed E-state index contributed by atoms with van der Waals surface area (Å²) in [5.74, 6) is -0.412. The molecule has 0 spiro atoms. The average Bonchev–Trinajstić information content (AvgIpc) is 2.08. The summed E-state index contributed by atoms with van der Waals surface area (Å²) < 4.78 is 4.58. The van der Waals surface area contributed by atoms with E-state index in [4.69, 9.17) is 0 Å². The molecule has 0 radical (unpaired) electrons. The Morgan fingerprint density at radius 1 is 1.21 bits per heavy atom. The highest BCUT2D eigenvalue weighted by atomic mass is 16.5. The van der Waals surface area contributed by atoms with E-state index in [1.165, 1.54) is 12.5 Å². The molecular weight excluding hydrogens is 180 g/mol. The number of Topliss-reactive ketones (excluding diaryl/α,β-unsaturated/α-hetero) is 1. The van der Waals surface area contributed by atoms with E-state index in [0.29, 0.717) is 6.42 Å². The number of allylic oxidation sites excluding steroid dienone is 2. The summed E-state index contributed by atoms with van der Waals surface area (Å²) in [6.45, 7) is 5.28. The van der Waals surface area contributed by atoms with E-state index in [2.05, 4.69) is 10.8 Å². The van der Waals surface area contributed by atoms with Gasteiger partial charge in [0.15, 0.2) is 5.78 Å². The maximum atomic E-state index is 11.1. The first kappa shape index (κ1) is 12.9. The van der Waals surface area contributed by atoms with Crippen molar-refractivity contribution < 1.29 is 14.3 Å². The molecule has 0 rings (SSSR count). The lowest BCUT2D eigenvalue weighted by Gasteiger charge is -2.00. The Kier molecular flexibility index (Phi) is 6.72. The van der Waals surface area contributed by atoms with E-state index >= 15 is 0 Å². The number of carbonyl (C=O) groups is 2. The summed E-state index contributed by atoms with van der Waals surface area (Å²) in [6.07, 6.45) is 4.32. The number of hydrogen-bond acceptors (Lipinski definition) is 3. The third-order valence-electron chi connectivity index (χ3n) is 1.65. The van der Waals surface area contributed by atoms with Crippen molar-refractivity contribution in [3.8, 4) is 0 Å². The van der Waals surface area contributed by atoms with Gasteiger partial charge in [-0.2, -0.15) is 0 Å². The van der Waals surface area contributed by atoms with Crippen molar-refractivity contribution in [1.29, 1.82) is 0 Å². The summed E-state index contributed by atoms with van der Waals surface area (Å²) in [4.78, 5) is 21.5. The minimum Gasteiger partial charge on any atom is -0.458 e. The summed E-state index contributed by atoms with van der Waals surface area (Å²) in [5.41, 5.74) is 1.26. The highest BCUT2D eigenvalue weighted by Gasteiger charge is 2.02. The smallest absolute Gasteiger partial charge is 0.303 e. The minimum atomic E-state index is -0.400. The van der Waals surface area contributed by atoms with Gasteiger partial charge in [-0.3, -0.25) is 9.59 Å². The zero-order valence-electron chi connectivity index (χ0n) is 9.13. The Balaban J connectivity index is 3.45. The number of rotatable bonds is 6. The molecule has 0 saturated heterocycles. The second-order valence-corrected chi connectivity index (χ2v) is 3.49. The van der Waals surface area contributed by atoms with Gasteiger partial charge in [-0.1, -0.05) is 11.6 Å². The van der Waals surface area contributed by atoms with Crippen molar-refractivity contribution in [3.63, 3.8) is 0 Å². The second-order valence-electron chi connectivity index (χ2n) is 3.49. The highest BCUT2D eigenvalue weighted by Crippen LogP contribution is 2.01. The van der Waals surface area contributed by atoms with E-state index in [-0.39, 0.29) is 12.4 Å². The number of hydrogen-bond donors (Lipinski definition) is 0. The molecule has 0 aliphatic heterocycles. The summed E-state index contributed by atoms with van der Waals surface area (Å²) in [5, 5.41) is 0. The molecule has 3 heteroatoms. The largest absolute Gasteiger partial charge is 0.458 e. The van der Waals surface area contributed by atoms with Crippen LogP contribution in [0.4, 0.5) is 0 Å². The number of esters is 1. The summed E-state index contributed by atoms with van der Waals surface area (Å²) in [6, 6.07) is 0. The van der Waals surface area contributed by atoms with Gasteiger partial charge in [-0.25, -0.2) is 0 Å². The maximum Gasteiger partial charge on any atom is 0.303 e. The molecule has 0 aliphatic rings. The molecule has 0 aromatic carbocycles. The highest BCUT2D eigenvalue weighted by molar-refractivity contribution is 5.81. The van der Waals surface area contributed by atoms with Crippen LogP contribution in [0.2, 0.25) is 0 Å². The number of carbonyl (C=O) groups excluding carboxylic acids is 2. The lowest BCUT2D eigenvalue weighted by Crippen LogP contribution is -2.11. The number of ketones is 1. The van der Waals surface area contributed by atoms with Gasteiger partial charge in [-0.05, 0) is 26.7 Å². The van der Waals surface area contributed by atoms with Crippen LogP contribution < -0.4 is 0 Å². The topological polar surface area (TPSA) is 43.4 Å². The molecule has 0 heterocycles. The van der Waals surface area contributed by atoms with Crippen LogP contribution in [-0.4, -0.2) is 18.4 Å². The molecule has 0 aromatic rings. The fourth-order valence-corrected chi connectivity index (χ4v) is 0.944. The fourth-order valence-electron chi connectivity index (χ4n) is 0.944. The Bertz CT molecular complexity index is 225. The maximum absolute atomic E-state index is 11.1. The SMILES string of the molecule is CC(=O)OCC(=O)CCCC=C(C)C. The molecule has 0 atom stereocenters. The number of ether oxygens (including phenoxy) is 1. The van der Waals surface area contributed by atoms with Crippen molar-refractivity contribution in [2.75, 3.05) is 6.61 Å². The molecule has 80 valence electrons. The van der Waals surface area contributed by atoms with Crippen molar-refractivity contribution >= 4 is 11.8 Å². The quantitative estimate of drug-likeness (QED) is 0.373. The molecule has 0 bridgehead atoms. The van der Waals surface area contributed by atoms with Crippen molar-refractivity contribution in [3.05, 3.63) is 11.6 Å². The van der Waals surface area contributed by atoms with Crippen LogP contribution in [0.25, 0.3) is 0 Å². The van der Waals surface area contributed by atoms with Crippen LogP contribution in [0.1, 0.15) is 40.0 Å². The molecule has 0 fully saturated rings. The third-order valence-corrected chi connectivity index (χ3v) is 1.65. The molecule has 3 nitrogen and oxygen atoms in total. The fraction of sp³-hybridized carbons (Fsp3) is 0.636. The third kappa shape index (κ3) is 8.97. The first-order valence-electron chi connectivity index (χ1n) is 4.81. The predicted molar refractivity (Wildman–Crippen MR) is 54.9 cm³/mol. The lowest BCUT2D eigenvalue weighted by atomic mass is 10.1. The Morgan fingerprint density at radius 2 is 1.86 bits per heavy atom. The van der Waals surface area contributed by atoms with Crippen LogP contribution in [0.3, 0.4) is 0 Å². The van der Waals surface area contributed by atoms with Gasteiger partial charge in [0.05, 0.1) is 0 Å². The molecule has 14 heavy (non-hydrogen) atoms. The van der Waals surface area contributed by atoms with Crippen LogP contribution in [0, 0.1) is 0 Å². The zero-order valence-corrected chi connectivity index (χ0v) is 9.13. The van der Waals surface area contributed by atoms with Gasteiger partial charge < -0.3 is 4.74 Å². The molecular formula is C11H18O3. The molecule has 0 aromatic heterocycles. The van der Waals surface area contributed by atoms with E-state index in [1.54, 1.807) is 0 Å². The van der Waals surface area contributed by atoms with Gasteiger partial charge >= 0.3 is 5.97 Å². The van der Waals surface area contributed by atoms with Gasteiger partial charge in [-0.15, -0.1) is 0 Å². The molecule has 0 aliphatic carbocycles. The molecule has 0 saturated carbocycles. The average molecular weight is 198 g/mol. The van der Waals surface area contributed by atoms with E-state index in [9.17, 15) is 9.59 Å². The van der Waals surface area contributed by atoms with Gasteiger partial charge in [0.1, 0.15) is 6.61 Å². The Hall–Kier alpha value is -1.12. The Morgan fingerprint density at radius 3 is 2.36 bits per heavy atom. The van der Waals surface area contributed by atoms with Gasteiger partial charge in [0, 0.05) is 13.3 Å². The van der Waals surface area contributed by atoms with Crippen LogP contribution in [-0.2, 0) is 14.3 Å². The predicted octanol–water partition coefficient (Wildman–Crippen LogP) is 2.26. The van der Waals surface area contributed by atoms with Crippen LogP contribution >= 0.6 is 0 Å². The molecule has 0 N–H and O–H groups in total. The van der Waals surface area contributed by atoms with Crippen molar-refractivity contribution in [2.45, 2.75) is 40.0 Å². The summed E-state index contributed by atoms with van der Waals surface area (Å²) in [7, 11) is 0. The van der Waals surface area contributed by atoms with Crippen LogP contribution in [0.15, 0.2) is 11.6 Å². The van der Waals surface area contributed by atoms with Crippen LogP contribution in [0.5, 0.6) is 0 Å². The van der Waals surface area contributed by atoms with Crippen molar-refractivity contribution in [2.24, 2.45) is 0 Å². The van der Waals surface area contributed by atoms with Gasteiger partial charge in [0.25, 0.3) is 0 Å². The first-order chi connectivity index (χ1) is 6.52. The van der Waals surface area contributed by atoms with E-state index in [1.807, 2.05) is 13.8 Å². The zero-order chi connectivity index (χ0) is 11.0. The molecule has 0 amide bonds. The van der Waals surface area contributed by atoms with E-state index in [0.717, 1.165) is 12.8 Å². The number of unbranched alkanes of at least 4 members (excludes halogenated alkanes) is 1. The Labute approximate surface area is 85.1 Å². The van der Waals surface area contributed by atoms with Gasteiger partial charge in [0.2, 0.25) is 0 Å². The minimum absolute atomic E-state index is 0.0117. The standard InChI is InChI=1S/C11H18O3/c1-9(2)6-4-5-7-11(13)8-14-10(3)12/h6H,4-5,7-8H2,1-3H3. The second kappa shape index (κ2) is 7.30.